The lowest BCUT2D eigenvalue weighted by Crippen LogP contribution is -1.98. The molecule has 0 rings (SSSR count). The van der Waals surface area contributed by atoms with E-state index in [2.05, 4.69) is 47.8 Å². The average Bonchev–Trinajstić information content (AvgIpc) is 2.14. The predicted molar refractivity (Wildman–Crippen MR) is 89.1 cm³/mol. The molecule has 0 spiro atoms. The van der Waals surface area contributed by atoms with Gasteiger partial charge in [0.25, 0.3) is 0 Å². The monoisotopic (exact) mass is 298 g/mol. The quantitative estimate of drug-likeness (QED) is 0.324. The lowest BCUT2D eigenvalue weighted by atomic mass is 10.6. The summed E-state index contributed by atoms with van der Waals surface area (Å²) in [6.07, 6.45) is 2.89. The second-order valence-electron chi connectivity index (χ2n) is 4.78. The van der Waals surface area contributed by atoms with Gasteiger partial charge >= 0.3 is 0 Å². The van der Waals surface area contributed by atoms with E-state index in [0.29, 0.717) is 0 Å². The van der Waals surface area contributed by atoms with E-state index >= 15 is 0 Å². The van der Waals surface area contributed by atoms with Crippen molar-refractivity contribution in [2.45, 2.75) is 51.1 Å². The van der Waals surface area contributed by atoms with Crippen LogP contribution in [0.15, 0.2) is 0 Å². The summed E-state index contributed by atoms with van der Waals surface area (Å²) in [5, 5.41) is 0. The first-order valence-electron chi connectivity index (χ1n) is 6.04. The maximum absolute atomic E-state index is 2.45. The molecule has 0 unspecified atom stereocenters. The van der Waals surface area contributed by atoms with Crippen LogP contribution in [0.2, 0.25) is 38.3 Å². The zero-order valence-electron chi connectivity index (χ0n) is 10.6. The molecule has 0 aromatic rings. The molecule has 0 heterocycles. The van der Waals surface area contributed by atoms with Gasteiger partial charge in [-0.25, -0.2) is 0 Å². The van der Waals surface area contributed by atoms with Crippen LogP contribution in [0.1, 0.15) is 12.8 Å². The minimum atomic E-state index is -0.277. The van der Waals surface area contributed by atoms with Crippen LogP contribution in [-0.2, 0) is 0 Å². The molecular formula is C10H26S3Si2. The van der Waals surface area contributed by atoms with Crippen LogP contribution in [0.5, 0.6) is 0 Å². The van der Waals surface area contributed by atoms with Crippen LogP contribution < -0.4 is 0 Å². The van der Waals surface area contributed by atoms with Gasteiger partial charge in [0, 0.05) is 29.1 Å². The van der Waals surface area contributed by atoms with E-state index in [1.165, 1.54) is 36.4 Å². The Hall–Kier alpha value is 1.48. The molecule has 0 aromatic heterocycles. The molecular weight excluding hydrogens is 272 g/mol. The Morgan fingerprint density at radius 2 is 1.13 bits per heavy atom. The summed E-state index contributed by atoms with van der Waals surface area (Å²) < 4.78 is 0. The molecule has 0 saturated heterocycles. The fourth-order valence-corrected chi connectivity index (χ4v) is 7.77. The van der Waals surface area contributed by atoms with Gasteiger partial charge in [0.2, 0.25) is 0 Å². The van der Waals surface area contributed by atoms with Crippen molar-refractivity contribution in [1.29, 1.82) is 0 Å². The van der Waals surface area contributed by atoms with Crippen LogP contribution in [0.25, 0.3) is 0 Å². The molecule has 15 heavy (non-hydrogen) atoms. The number of hydrogen-bond donors (Lipinski definition) is 0. The smallest absolute Gasteiger partial charge is 0.0305 e. The Balaban J connectivity index is 2.93. The Kier molecular flexibility index (Phi) is 13.1. The van der Waals surface area contributed by atoms with E-state index < -0.39 is 0 Å². The minimum Gasteiger partial charge on any atom is -0.0826 e. The molecule has 0 amide bonds. The van der Waals surface area contributed by atoms with E-state index in [9.17, 15) is 0 Å². The highest BCUT2D eigenvalue weighted by atomic mass is 33.5. The Labute approximate surface area is 111 Å². The van der Waals surface area contributed by atoms with Gasteiger partial charge in [-0.1, -0.05) is 59.9 Å². The Morgan fingerprint density at radius 3 is 1.47 bits per heavy atom. The van der Waals surface area contributed by atoms with Gasteiger partial charge in [-0.3, -0.25) is 0 Å². The molecule has 92 valence electrons. The van der Waals surface area contributed by atoms with Gasteiger partial charge in [-0.05, 0) is 22.7 Å². The highest BCUT2D eigenvalue weighted by Crippen LogP contribution is 2.35. The molecule has 0 bridgehead atoms. The normalized spacial score (nSPS) is 11.6. The van der Waals surface area contributed by atoms with Crippen molar-refractivity contribution in [2.24, 2.45) is 0 Å². The fraction of sp³-hybridized carbons (Fsp3) is 1.00. The third-order valence-electron chi connectivity index (χ3n) is 2.11. The molecule has 0 aliphatic carbocycles. The third-order valence-corrected chi connectivity index (χ3v) is 9.65. The highest BCUT2D eigenvalue weighted by molar-refractivity contribution is 9.09. The van der Waals surface area contributed by atoms with E-state index in [-0.39, 0.29) is 17.6 Å². The molecule has 0 aliphatic rings. The van der Waals surface area contributed by atoms with Crippen LogP contribution >= 0.6 is 31.4 Å². The van der Waals surface area contributed by atoms with Crippen LogP contribution in [0, 0.1) is 0 Å². The van der Waals surface area contributed by atoms with Crippen LogP contribution in [0.3, 0.4) is 0 Å². The zero-order valence-corrected chi connectivity index (χ0v) is 15.4. The molecule has 0 saturated carbocycles. The minimum absolute atomic E-state index is 0.277. The third kappa shape index (κ3) is 15.5. The van der Waals surface area contributed by atoms with E-state index in [1.807, 2.05) is 9.83 Å². The van der Waals surface area contributed by atoms with Crippen molar-refractivity contribution in [2.75, 3.05) is 11.5 Å². The fourth-order valence-electron chi connectivity index (χ4n) is 1.20. The van der Waals surface area contributed by atoms with Crippen LogP contribution in [-0.4, -0.2) is 29.1 Å². The average molecular weight is 299 g/mol. The molecule has 0 nitrogen and oxygen atoms in total. The van der Waals surface area contributed by atoms with Crippen molar-refractivity contribution in [3.8, 4) is 0 Å². The molecule has 0 fully saturated rings. The van der Waals surface area contributed by atoms with Crippen molar-refractivity contribution >= 4 is 49.0 Å². The van der Waals surface area contributed by atoms with Crippen molar-refractivity contribution in [3.05, 3.63) is 0 Å². The summed E-state index contributed by atoms with van der Waals surface area (Å²) in [4.78, 5) is 0. The molecule has 0 radical (unpaired) electrons. The van der Waals surface area contributed by atoms with Crippen molar-refractivity contribution in [1.82, 2.24) is 0 Å². The van der Waals surface area contributed by atoms with Crippen LogP contribution in [0.4, 0.5) is 0 Å². The van der Waals surface area contributed by atoms with Gasteiger partial charge in [0.05, 0.1) is 0 Å². The first-order chi connectivity index (χ1) is 7.13. The number of hydrogen-bond acceptors (Lipinski definition) is 3. The van der Waals surface area contributed by atoms with Gasteiger partial charge in [0.1, 0.15) is 0 Å². The van der Waals surface area contributed by atoms with E-state index in [4.69, 9.17) is 0 Å². The van der Waals surface area contributed by atoms with Gasteiger partial charge < -0.3 is 0 Å². The molecule has 0 atom stereocenters. The summed E-state index contributed by atoms with van der Waals surface area (Å²) >= 11 is 0. The number of rotatable bonds is 10. The van der Waals surface area contributed by atoms with Crippen molar-refractivity contribution < 1.29 is 0 Å². The topological polar surface area (TPSA) is 0 Å². The van der Waals surface area contributed by atoms with Gasteiger partial charge in [0.15, 0.2) is 0 Å². The largest absolute Gasteiger partial charge is 0.0826 e. The standard InChI is InChI=1S/C10H26S3Si2/c1-14(2)9-5-7-11-13-12-8-6-10-15(3)4/h14-15H,5-10H2,1-4H3. The van der Waals surface area contributed by atoms with Crippen molar-refractivity contribution in [3.63, 3.8) is 0 Å². The molecule has 0 N–H and O–H groups in total. The predicted octanol–water partition coefficient (Wildman–Crippen LogP) is 4.77. The summed E-state index contributed by atoms with van der Waals surface area (Å²) in [7, 11) is 5.60. The summed E-state index contributed by atoms with van der Waals surface area (Å²) in [5.41, 5.74) is 0. The Bertz CT molecular complexity index is 118. The highest BCUT2D eigenvalue weighted by Gasteiger charge is 1.98. The Morgan fingerprint density at radius 1 is 0.733 bits per heavy atom. The summed E-state index contributed by atoms with van der Waals surface area (Å²) in [6.45, 7) is 9.79. The summed E-state index contributed by atoms with van der Waals surface area (Å²) in [6, 6.07) is 3.05. The lowest BCUT2D eigenvalue weighted by molar-refractivity contribution is 1.08. The maximum Gasteiger partial charge on any atom is 0.0305 e. The zero-order chi connectivity index (χ0) is 11.5. The second kappa shape index (κ2) is 12.0. The first kappa shape index (κ1) is 16.5. The molecule has 0 aliphatic heterocycles. The van der Waals surface area contributed by atoms with Gasteiger partial charge in [-0.2, -0.15) is 0 Å². The molecule has 0 aromatic carbocycles. The lowest BCUT2D eigenvalue weighted by Gasteiger charge is -2.03. The first-order valence-corrected chi connectivity index (χ1v) is 16.1. The van der Waals surface area contributed by atoms with E-state index in [0.717, 1.165) is 0 Å². The summed E-state index contributed by atoms with van der Waals surface area (Å²) in [5.74, 6) is 2.73. The maximum atomic E-state index is 2.45. The van der Waals surface area contributed by atoms with E-state index in [1.54, 1.807) is 0 Å². The molecule has 5 heteroatoms. The second-order valence-corrected chi connectivity index (χ2v) is 16.0. The van der Waals surface area contributed by atoms with Gasteiger partial charge in [-0.15, -0.1) is 0 Å². The SMILES string of the molecule is C[SiH](C)CCCSSSCCC[SiH](C)C.